The van der Waals surface area contributed by atoms with E-state index >= 15 is 0 Å². The first-order valence-electron chi connectivity index (χ1n) is 7.09. The van der Waals surface area contributed by atoms with Crippen LogP contribution in [0, 0.1) is 5.82 Å². The topological polar surface area (TPSA) is 21.3 Å². The molecular weight excluding hydrogens is 301 g/mol. The van der Waals surface area contributed by atoms with Crippen LogP contribution in [0.1, 0.15) is 25.0 Å². The zero-order valence-corrected chi connectivity index (χ0v) is 13.5. The number of nitrogens with one attached hydrogen (secondary N) is 1. The summed E-state index contributed by atoms with van der Waals surface area (Å²) < 4.78 is 19.2. The Kier molecular flexibility index (Phi) is 3.61. The summed E-state index contributed by atoms with van der Waals surface area (Å²) in [5, 5.41) is 3.68. The number of ether oxygens (including phenoxy) is 1. The molecule has 1 heterocycles. The lowest BCUT2D eigenvalue weighted by molar-refractivity contribution is 0.158. The minimum atomic E-state index is -0.466. The van der Waals surface area contributed by atoms with E-state index in [1.165, 1.54) is 12.1 Å². The molecule has 4 heteroatoms. The highest BCUT2D eigenvalue weighted by Gasteiger charge is 2.29. The van der Waals surface area contributed by atoms with Gasteiger partial charge in [-0.3, -0.25) is 0 Å². The zero-order chi connectivity index (χ0) is 15.9. The van der Waals surface area contributed by atoms with Crippen LogP contribution in [-0.4, -0.2) is 12.6 Å². The molecule has 114 valence electrons. The van der Waals surface area contributed by atoms with E-state index in [9.17, 15) is 4.39 Å². The molecule has 2 aromatic rings. The molecule has 0 fully saturated rings. The molecule has 1 aliphatic rings. The van der Waals surface area contributed by atoms with E-state index in [1.54, 1.807) is 12.1 Å². The van der Waals surface area contributed by atoms with Crippen molar-refractivity contribution in [2.75, 3.05) is 12.4 Å². The van der Waals surface area contributed by atoms with Gasteiger partial charge in [-0.05, 0) is 49.3 Å². The van der Waals surface area contributed by atoms with Crippen molar-refractivity contribution in [2.45, 2.75) is 19.4 Å². The van der Waals surface area contributed by atoms with Crippen LogP contribution in [0.2, 0.25) is 5.02 Å². The first-order valence-corrected chi connectivity index (χ1v) is 7.47. The average molecular weight is 318 g/mol. The average Bonchev–Trinajstić information content (AvgIpc) is 2.45. The standard InChI is InChI=1S/C18H17ClFNO/c1-18(2)10-14(11-4-6-12(20)7-5-11)17-15(19)8-13(21-3)9-16(17)22-18/h4-10,21H,1-3H3. The molecular formula is C18H17ClFNO. The maximum absolute atomic E-state index is 13.2. The first kappa shape index (κ1) is 14.9. The molecule has 0 spiro atoms. The second-order valence-corrected chi connectivity index (χ2v) is 6.26. The van der Waals surface area contributed by atoms with Crippen molar-refractivity contribution in [3.63, 3.8) is 0 Å². The number of benzene rings is 2. The molecule has 3 rings (SSSR count). The molecule has 0 radical (unpaired) electrons. The van der Waals surface area contributed by atoms with Crippen molar-refractivity contribution in [3.05, 3.63) is 64.4 Å². The largest absolute Gasteiger partial charge is 0.483 e. The Morgan fingerprint density at radius 3 is 2.45 bits per heavy atom. The molecule has 22 heavy (non-hydrogen) atoms. The number of hydrogen-bond donors (Lipinski definition) is 1. The lowest BCUT2D eigenvalue weighted by atomic mass is 9.89. The molecule has 0 amide bonds. The highest BCUT2D eigenvalue weighted by Crippen LogP contribution is 2.44. The fourth-order valence-electron chi connectivity index (χ4n) is 2.66. The number of rotatable bonds is 2. The molecule has 0 saturated carbocycles. The third-order valence-electron chi connectivity index (χ3n) is 3.63. The molecule has 0 unspecified atom stereocenters. The first-order chi connectivity index (χ1) is 10.4. The lowest BCUT2D eigenvalue weighted by Crippen LogP contribution is -2.29. The molecule has 0 aliphatic carbocycles. The van der Waals surface area contributed by atoms with Crippen molar-refractivity contribution in [2.24, 2.45) is 0 Å². The van der Waals surface area contributed by atoms with Gasteiger partial charge < -0.3 is 10.1 Å². The quantitative estimate of drug-likeness (QED) is 0.829. The molecule has 2 aromatic carbocycles. The van der Waals surface area contributed by atoms with E-state index in [1.807, 2.05) is 39.1 Å². The summed E-state index contributed by atoms with van der Waals surface area (Å²) in [4.78, 5) is 0. The predicted molar refractivity (Wildman–Crippen MR) is 89.2 cm³/mol. The van der Waals surface area contributed by atoms with E-state index in [4.69, 9.17) is 16.3 Å². The van der Waals surface area contributed by atoms with Crippen molar-refractivity contribution in [3.8, 4) is 5.75 Å². The third-order valence-corrected chi connectivity index (χ3v) is 3.93. The van der Waals surface area contributed by atoms with Gasteiger partial charge in [-0.25, -0.2) is 4.39 Å². The smallest absolute Gasteiger partial charge is 0.132 e. The van der Waals surface area contributed by atoms with Crippen LogP contribution in [-0.2, 0) is 0 Å². The summed E-state index contributed by atoms with van der Waals surface area (Å²) in [5.41, 5.74) is 3.13. The normalized spacial score (nSPS) is 15.6. The molecule has 0 aromatic heterocycles. The molecule has 0 saturated heterocycles. The van der Waals surface area contributed by atoms with Gasteiger partial charge in [0.15, 0.2) is 0 Å². The molecule has 0 atom stereocenters. The van der Waals surface area contributed by atoms with Gasteiger partial charge in [-0.2, -0.15) is 0 Å². The summed E-state index contributed by atoms with van der Waals surface area (Å²) in [5.74, 6) is 0.469. The lowest BCUT2D eigenvalue weighted by Gasteiger charge is -2.32. The van der Waals surface area contributed by atoms with Crippen LogP contribution in [0.3, 0.4) is 0 Å². The van der Waals surface area contributed by atoms with E-state index in [0.29, 0.717) is 5.02 Å². The van der Waals surface area contributed by atoms with Gasteiger partial charge in [0.05, 0.1) is 5.02 Å². The van der Waals surface area contributed by atoms with Gasteiger partial charge in [0, 0.05) is 24.4 Å². The third kappa shape index (κ3) is 2.69. The van der Waals surface area contributed by atoms with Crippen LogP contribution in [0.25, 0.3) is 5.57 Å². The Balaban J connectivity index is 2.22. The molecule has 0 bridgehead atoms. The molecule has 1 N–H and O–H groups in total. The van der Waals surface area contributed by atoms with Crippen molar-refractivity contribution >= 4 is 22.9 Å². The van der Waals surface area contributed by atoms with Crippen LogP contribution in [0.4, 0.5) is 10.1 Å². The summed E-state index contributed by atoms with van der Waals surface area (Å²) in [6, 6.07) is 10.2. The Bertz CT molecular complexity index is 750. The van der Waals surface area contributed by atoms with Gasteiger partial charge in [0.1, 0.15) is 17.2 Å². The number of halogens is 2. The second kappa shape index (κ2) is 5.33. The van der Waals surface area contributed by atoms with Gasteiger partial charge in [-0.1, -0.05) is 23.7 Å². The molecule has 1 aliphatic heterocycles. The van der Waals surface area contributed by atoms with E-state index < -0.39 is 5.60 Å². The highest BCUT2D eigenvalue weighted by atomic mass is 35.5. The maximum Gasteiger partial charge on any atom is 0.132 e. The Hall–Kier alpha value is -2.00. The van der Waals surface area contributed by atoms with Crippen LogP contribution in [0.5, 0.6) is 5.75 Å². The zero-order valence-electron chi connectivity index (χ0n) is 12.7. The summed E-state index contributed by atoms with van der Waals surface area (Å²) in [6.07, 6.45) is 2.02. The van der Waals surface area contributed by atoms with Crippen molar-refractivity contribution < 1.29 is 9.13 Å². The monoisotopic (exact) mass is 317 g/mol. The van der Waals surface area contributed by atoms with Gasteiger partial charge in [0.2, 0.25) is 0 Å². The van der Waals surface area contributed by atoms with E-state index in [2.05, 4.69) is 5.32 Å². The fourth-order valence-corrected chi connectivity index (χ4v) is 2.97. The second-order valence-electron chi connectivity index (χ2n) is 5.85. The van der Waals surface area contributed by atoms with Gasteiger partial charge in [-0.15, -0.1) is 0 Å². The van der Waals surface area contributed by atoms with Gasteiger partial charge in [0.25, 0.3) is 0 Å². The SMILES string of the molecule is CNc1cc(Cl)c2c(c1)OC(C)(C)C=C2c1ccc(F)cc1. The summed E-state index contributed by atoms with van der Waals surface area (Å²) in [7, 11) is 1.84. The predicted octanol–water partition coefficient (Wildman–Crippen LogP) is 5.12. The van der Waals surface area contributed by atoms with Crippen LogP contribution < -0.4 is 10.1 Å². The van der Waals surface area contributed by atoms with Gasteiger partial charge >= 0.3 is 0 Å². The summed E-state index contributed by atoms with van der Waals surface area (Å²) >= 11 is 6.46. The summed E-state index contributed by atoms with van der Waals surface area (Å²) in [6.45, 7) is 3.97. The van der Waals surface area contributed by atoms with Crippen LogP contribution >= 0.6 is 11.6 Å². The number of fused-ring (bicyclic) bond motifs is 1. The van der Waals surface area contributed by atoms with Crippen molar-refractivity contribution in [1.82, 2.24) is 0 Å². The highest BCUT2D eigenvalue weighted by molar-refractivity contribution is 6.33. The number of hydrogen-bond acceptors (Lipinski definition) is 2. The van der Waals surface area contributed by atoms with E-state index in [0.717, 1.165) is 28.1 Å². The fraction of sp³-hybridized carbons (Fsp3) is 0.222. The minimum Gasteiger partial charge on any atom is -0.483 e. The van der Waals surface area contributed by atoms with Crippen molar-refractivity contribution in [1.29, 1.82) is 0 Å². The minimum absolute atomic E-state index is 0.257. The molecule has 2 nitrogen and oxygen atoms in total. The van der Waals surface area contributed by atoms with E-state index in [-0.39, 0.29) is 5.82 Å². The Labute approximate surface area is 134 Å². The Morgan fingerprint density at radius 1 is 1.14 bits per heavy atom. The number of anilines is 1. The van der Waals surface area contributed by atoms with Crippen LogP contribution in [0.15, 0.2) is 42.5 Å². The maximum atomic E-state index is 13.2. The Morgan fingerprint density at radius 2 is 1.82 bits per heavy atom.